The Hall–Kier alpha value is -0.930. The summed E-state index contributed by atoms with van der Waals surface area (Å²) < 4.78 is 0. The molecule has 88 valence electrons. The van der Waals surface area contributed by atoms with Gasteiger partial charge in [0, 0.05) is 24.0 Å². The zero-order valence-electron chi connectivity index (χ0n) is 9.82. The van der Waals surface area contributed by atoms with Crippen LogP contribution < -0.4 is 5.32 Å². The maximum absolute atomic E-state index is 10.3. The molecule has 1 aromatic rings. The van der Waals surface area contributed by atoms with Gasteiger partial charge in [-0.15, -0.1) is 0 Å². The number of aliphatic hydroxyl groups is 1. The molecule has 0 radical (unpaired) electrons. The Balaban J connectivity index is 2.11. The average molecular weight is 220 g/mol. The number of hydrogen-bond acceptors (Lipinski definition) is 3. The molecule has 0 saturated carbocycles. The second-order valence-corrected chi connectivity index (χ2v) is 4.59. The summed E-state index contributed by atoms with van der Waals surface area (Å²) in [7, 11) is 0. The van der Waals surface area contributed by atoms with Crippen LogP contribution in [0.1, 0.15) is 42.9 Å². The van der Waals surface area contributed by atoms with Crippen molar-refractivity contribution in [2.24, 2.45) is 0 Å². The highest BCUT2D eigenvalue weighted by atomic mass is 16.3. The number of rotatable bonds is 2. The summed E-state index contributed by atoms with van der Waals surface area (Å²) in [5.74, 6) is 0. The minimum absolute atomic E-state index is 0.186. The van der Waals surface area contributed by atoms with Gasteiger partial charge in [0.2, 0.25) is 0 Å². The molecule has 1 fully saturated rings. The van der Waals surface area contributed by atoms with Crippen molar-refractivity contribution in [1.29, 1.82) is 0 Å². The minimum atomic E-state index is -0.424. The van der Waals surface area contributed by atoms with Crippen molar-refractivity contribution in [3.05, 3.63) is 29.6 Å². The summed E-state index contributed by atoms with van der Waals surface area (Å²) in [5.41, 5.74) is 2.08. The fourth-order valence-electron chi connectivity index (χ4n) is 2.33. The first-order valence-electron chi connectivity index (χ1n) is 6.11. The van der Waals surface area contributed by atoms with Crippen LogP contribution in [0.25, 0.3) is 0 Å². The van der Waals surface area contributed by atoms with Crippen molar-refractivity contribution < 1.29 is 5.11 Å². The molecule has 0 aromatic carbocycles. The highest BCUT2D eigenvalue weighted by Crippen LogP contribution is 2.24. The lowest BCUT2D eigenvalue weighted by molar-refractivity contribution is 0.125. The topological polar surface area (TPSA) is 45.2 Å². The van der Waals surface area contributed by atoms with Crippen molar-refractivity contribution in [1.82, 2.24) is 10.3 Å². The van der Waals surface area contributed by atoms with Gasteiger partial charge in [0.1, 0.15) is 0 Å². The van der Waals surface area contributed by atoms with E-state index in [1.54, 1.807) is 12.4 Å². The van der Waals surface area contributed by atoms with Crippen LogP contribution in [0.2, 0.25) is 0 Å². The molecule has 2 rings (SSSR count). The summed E-state index contributed by atoms with van der Waals surface area (Å²) in [6.07, 6.45) is 7.87. The van der Waals surface area contributed by atoms with Crippen LogP contribution >= 0.6 is 0 Å². The standard InChI is InChI=1S/C13H20N2O/c1-10-6-8-14-9-11(10)13(16)12-5-3-2-4-7-15-12/h6,8-9,12-13,15-16H,2-5,7H2,1H3. The first kappa shape index (κ1) is 11.6. The zero-order chi connectivity index (χ0) is 11.4. The van der Waals surface area contributed by atoms with E-state index in [4.69, 9.17) is 0 Å². The number of pyridine rings is 1. The molecule has 3 heteroatoms. The largest absolute Gasteiger partial charge is 0.387 e. The van der Waals surface area contributed by atoms with Crippen molar-refractivity contribution >= 4 is 0 Å². The highest BCUT2D eigenvalue weighted by Gasteiger charge is 2.22. The van der Waals surface area contributed by atoms with E-state index in [1.165, 1.54) is 19.3 Å². The Bertz CT molecular complexity index is 332. The number of aryl methyl sites for hydroxylation is 1. The monoisotopic (exact) mass is 220 g/mol. The predicted octanol–water partition coefficient (Wildman–Crippen LogP) is 1.96. The van der Waals surface area contributed by atoms with E-state index in [0.29, 0.717) is 0 Å². The third-order valence-corrected chi connectivity index (χ3v) is 3.38. The predicted molar refractivity (Wildman–Crippen MR) is 64.2 cm³/mol. The Kier molecular flexibility index (Phi) is 3.91. The average Bonchev–Trinajstić information content (AvgIpc) is 2.57. The summed E-state index contributed by atoms with van der Waals surface area (Å²) in [6.45, 7) is 3.04. The quantitative estimate of drug-likeness (QED) is 0.800. The lowest BCUT2D eigenvalue weighted by Gasteiger charge is -2.23. The van der Waals surface area contributed by atoms with E-state index in [2.05, 4.69) is 10.3 Å². The number of aliphatic hydroxyl groups excluding tert-OH is 1. The third kappa shape index (κ3) is 2.60. The minimum Gasteiger partial charge on any atom is -0.387 e. The van der Waals surface area contributed by atoms with E-state index in [1.807, 2.05) is 13.0 Å². The zero-order valence-corrected chi connectivity index (χ0v) is 9.82. The Morgan fingerprint density at radius 1 is 1.44 bits per heavy atom. The van der Waals surface area contributed by atoms with Crippen LogP contribution in [-0.2, 0) is 0 Å². The summed E-state index contributed by atoms with van der Waals surface area (Å²) >= 11 is 0. The van der Waals surface area contributed by atoms with Gasteiger partial charge in [-0.05, 0) is 37.9 Å². The first-order valence-corrected chi connectivity index (χ1v) is 6.11. The summed E-state index contributed by atoms with van der Waals surface area (Å²) in [5, 5.41) is 13.8. The van der Waals surface area contributed by atoms with Crippen LogP contribution in [0.15, 0.2) is 18.5 Å². The SMILES string of the molecule is Cc1ccncc1C(O)C1CCCCCN1. The number of hydrogen-bond donors (Lipinski definition) is 2. The molecule has 2 N–H and O–H groups in total. The molecule has 16 heavy (non-hydrogen) atoms. The van der Waals surface area contributed by atoms with Gasteiger partial charge in [0.15, 0.2) is 0 Å². The maximum atomic E-state index is 10.3. The van der Waals surface area contributed by atoms with E-state index in [-0.39, 0.29) is 6.04 Å². The molecule has 1 saturated heterocycles. The van der Waals surface area contributed by atoms with Gasteiger partial charge in [0.25, 0.3) is 0 Å². The second-order valence-electron chi connectivity index (χ2n) is 4.59. The summed E-state index contributed by atoms with van der Waals surface area (Å²) in [6, 6.07) is 2.14. The van der Waals surface area contributed by atoms with Crippen LogP contribution in [0.3, 0.4) is 0 Å². The van der Waals surface area contributed by atoms with Crippen LogP contribution in [-0.4, -0.2) is 22.7 Å². The van der Waals surface area contributed by atoms with Crippen molar-refractivity contribution in [2.45, 2.75) is 44.8 Å². The van der Waals surface area contributed by atoms with Crippen LogP contribution in [0.4, 0.5) is 0 Å². The number of aromatic nitrogens is 1. The molecule has 1 aromatic heterocycles. The van der Waals surface area contributed by atoms with Crippen LogP contribution in [0, 0.1) is 6.92 Å². The lowest BCUT2D eigenvalue weighted by Crippen LogP contribution is -2.34. The van der Waals surface area contributed by atoms with E-state index >= 15 is 0 Å². The summed E-state index contributed by atoms with van der Waals surface area (Å²) in [4.78, 5) is 4.10. The van der Waals surface area contributed by atoms with Crippen molar-refractivity contribution in [3.8, 4) is 0 Å². The van der Waals surface area contributed by atoms with Crippen LogP contribution in [0.5, 0.6) is 0 Å². The van der Waals surface area contributed by atoms with E-state index < -0.39 is 6.10 Å². The molecular formula is C13H20N2O. The fourth-order valence-corrected chi connectivity index (χ4v) is 2.33. The van der Waals surface area contributed by atoms with Gasteiger partial charge in [-0.25, -0.2) is 0 Å². The molecule has 2 heterocycles. The smallest absolute Gasteiger partial charge is 0.0960 e. The van der Waals surface area contributed by atoms with Crippen molar-refractivity contribution in [2.75, 3.05) is 6.54 Å². The Labute approximate surface area is 96.9 Å². The molecule has 3 nitrogen and oxygen atoms in total. The molecule has 0 spiro atoms. The lowest BCUT2D eigenvalue weighted by atomic mass is 9.97. The third-order valence-electron chi connectivity index (χ3n) is 3.38. The Morgan fingerprint density at radius 2 is 2.31 bits per heavy atom. The number of nitrogens with zero attached hydrogens (tertiary/aromatic N) is 1. The normalized spacial score (nSPS) is 23.8. The molecule has 1 aliphatic heterocycles. The maximum Gasteiger partial charge on any atom is 0.0960 e. The second kappa shape index (κ2) is 5.41. The van der Waals surface area contributed by atoms with Gasteiger partial charge in [-0.3, -0.25) is 4.98 Å². The van der Waals surface area contributed by atoms with Gasteiger partial charge in [-0.1, -0.05) is 12.8 Å². The Morgan fingerprint density at radius 3 is 3.12 bits per heavy atom. The highest BCUT2D eigenvalue weighted by molar-refractivity contribution is 5.25. The molecular weight excluding hydrogens is 200 g/mol. The molecule has 1 aliphatic rings. The van der Waals surface area contributed by atoms with Gasteiger partial charge in [0.05, 0.1) is 6.10 Å². The number of nitrogens with one attached hydrogen (secondary N) is 1. The molecule has 2 unspecified atom stereocenters. The van der Waals surface area contributed by atoms with Gasteiger partial charge in [-0.2, -0.15) is 0 Å². The molecule has 2 atom stereocenters. The fraction of sp³-hybridized carbons (Fsp3) is 0.615. The van der Waals surface area contributed by atoms with E-state index in [0.717, 1.165) is 24.1 Å². The van der Waals surface area contributed by atoms with Gasteiger partial charge < -0.3 is 10.4 Å². The molecule has 0 amide bonds. The first-order chi connectivity index (χ1) is 7.79. The van der Waals surface area contributed by atoms with Crippen molar-refractivity contribution in [3.63, 3.8) is 0 Å². The molecule has 0 aliphatic carbocycles. The van der Waals surface area contributed by atoms with E-state index in [9.17, 15) is 5.11 Å². The van der Waals surface area contributed by atoms with Gasteiger partial charge >= 0.3 is 0 Å². The molecule has 0 bridgehead atoms.